The fraction of sp³-hybridized carbons (Fsp3) is 0.611. The number of halogens is 1. The SMILES string of the molecule is Cc1ccccc1C(C)(C)C(=O)N1CCC2CCC(C1)N2.Cl. The molecule has 0 radical (unpaired) electrons. The summed E-state index contributed by atoms with van der Waals surface area (Å²) in [7, 11) is 0. The Bertz CT molecular complexity index is 544. The van der Waals surface area contributed by atoms with E-state index in [-0.39, 0.29) is 18.3 Å². The second-order valence-corrected chi connectivity index (χ2v) is 7.12. The lowest BCUT2D eigenvalue weighted by molar-refractivity contribution is -0.136. The van der Waals surface area contributed by atoms with E-state index in [4.69, 9.17) is 0 Å². The molecule has 22 heavy (non-hydrogen) atoms. The van der Waals surface area contributed by atoms with Gasteiger partial charge in [-0.05, 0) is 51.2 Å². The molecular formula is C18H27ClN2O. The summed E-state index contributed by atoms with van der Waals surface area (Å²) >= 11 is 0. The van der Waals surface area contributed by atoms with E-state index < -0.39 is 5.41 Å². The molecule has 2 heterocycles. The summed E-state index contributed by atoms with van der Waals surface area (Å²) in [5.74, 6) is 0.270. The number of nitrogens with zero attached hydrogens (tertiary/aromatic N) is 1. The Balaban J connectivity index is 0.00000176. The van der Waals surface area contributed by atoms with Crippen LogP contribution in [0.1, 0.15) is 44.2 Å². The summed E-state index contributed by atoms with van der Waals surface area (Å²) in [6.07, 6.45) is 3.57. The molecule has 2 aliphatic rings. The molecule has 1 amide bonds. The van der Waals surface area contributed by atoms with E-state index >= 15 is 0 Å². The Labute approximate surface area is 139 Å². The van der Waals surface area contributed by atoms with Crippen molar-refractivity contribution in [1.29, 1.82) is 0 Å². The average molecular weight is 323 g/mol. The minimum Gasteiger partial charge on any atom is -0.340 e. The van der Waals surface area contributed by atoms with Crippen LogP contribution in [-0.2, 0) is 10.2 Å². The van der Waals surface area contributed by atoms with E-state index in [2.05, 4.69) is 43.1 Å². The Kier molecular flexibility index (Phi) is 5.18. The predicted molar refractivity (Wildman–Crippen MR) is 92.6 cm³/mol. The van der Waals surface area contributed by atoms with Crippen molar-refractivity contribution in [2.45, 2.75) is 57.5 Å². The zero-order chi connectivity index (χ0) is 15.0. The molecule has 0 spiro atoms. The zero-order valence-corrected chi connectivity index (χ0v) is 14.6. The molecule has 2 atom stereocenters. The van der Waals surface area contributed by atoms with Gasteiger partial charge in [-0.3, -0.25) is 4.79 Å². The summed E-state index contributed by atoms with van der Waals surface area (Å²) in [6.45, 7) is 7.98. The van der Waals surface area contributed by atoms with Crippen LogP contribution in [0.15, 0.2) is 24.3 Å². The highest BCUT2D eigenvalue weighted by Gasteiger charge is 2.38. The molecule has 0 saturated carbocycles. The molecule has 4 heteroatoms. The number of fused-ring (bicyclic) bond motifs is 2. The minimum atomic E-state index is -0.449. The van der Waals surface area contributed by atoms with Gasteiger partial charge in [0.05, 0.1) is 5.41 Å². The van der Waals surface area contributed by atoms with Gasteiger partial charge in [0, 0.05) is 25.2 Å². The van der Waals surface area contributed by atoms with E-state index in [1.165, 1.54) is 18.4 Å². The van der Waals surface area contributed by atoms with Crippen molar-refractivity contribution in [3.8, 4) is 0 Å². The molecule has 0 aromatic heterocycles. The molecule has 2 saturated heterocycles. The van der Waals surface area contributed by atoms with Crippen molar-refractivity contribution >= 4 is 18.3 Å². The Hall–Kier alpha value is -1.06. The van der Waals surface area contributed by atoms with Crippen molar-refractivity contribution in [2.75, 3.05) is 13.1 Å². The summed E-state index contributed by atoms with van der Waals surface area (Å²) in [4.78, 5) is 15.2. The Morgan fingerprint density at radius 1 is 1.18 bits per heavy atom. The van der Waals surface area contributed by atoms with Crippen LogP contribution in [0.25, 0.3) is 0 Å². The highest BCUT2D eigenvalue weighted by atomic mass is 35.5. The number of rotatable bonds is 2. The van der Waals surface area contributed by atoms with Crippen LogP contribution in [0, 0.1) is 6.92 Å². The maximum absolute atomic E-state index is 13.1. The molecule has 2 aliphatic heterocycles. The monoisotopic (exact) mass is 322 g/mol. The van der Waals surface area contributed by atoms with Gasteiger partial charge in [-0.15, -0.1) is 12.4 Å². The molecule has 0 aliphatic carbocycles. The minimum absolute atomic E-state index is 0. The van der Waals surface area contributed by atoms with Gasteiger partial charge in [0.1, 0.15) is 0 Å². The summed E-state index contributed by atoms with van der Waals surface area (Å²) in [6, 6.07) is 9.37. The lowest BCUT2D eigenvalue weighted by atomic mass is 9.80. The first kappa shape index (κ1) is 17.3. The van der Waals surface area contributed by atoms with Crippen LogP contribution in [0.4, 0.5) is 0 Å². The number of hydrogen-bond donors (Lipinski definition) is 1. The smallest absolute Gasteiger partial charge is 0.232 e. The van der Waals surface area contributed by atoms with Crippen molar-refractivity contribution in [3.63, 3.8) is 0 Å². The first-order valence-corrected chi connectivity index (χ1v) is 8.10. The summed E-state index contributed by atoms with van der Waals surface area (Å²) in [5.41, 5.74) is 1.90. The van der Waals surface area contributed by atoms with Gasteiger partial charge in [-0.2, -0.15) is 0 Å². The quantitative estimate of drug-likeness (QED) is 0.907. The third kappa shape index (κ3) is 3.16. The molecule has 2 unspecified atom stereocenters. The second kappa shape index (κ2) is 6.59. The van der Waals surface area contributed by atoms with Crippen molar-refractivity contribution in [3.05, 3.63) is 35.4 Å². The van der Waals surface area contributed by atoms with Crippen LogP contribution in [0.3, 0.4) is 0 Å². The van der Waals surface area contributed by atoms with E-state index in [0.717, 1.165) is 25.1 Å². The number of likely N-dealkylation sites (tertiary alicyclic amines) is 1. The van der Waals surface area contributed by atoms with Crippen LogP contribution >= 0.6 is 12.4 Å². The van der Waals surface area contributed by atoms with E-state index in [0.29, 0.717) is 12.1 Å². The van der Waals surface area contributed by atoms with Crippen LogP contribution in [0.5, 0.6) is 0 Å². The number of carbonyl (C=O) groups is 1. The molecule has 1 aromatic carbocycles. The predicted octanol–water partition coefficient (Wildman–Crippen LogP) is 3.05. The zero-order valence-electron chi connectivity index (χ0n) is 13.8. The van der Waals surface area contributed by atoms with Gasteiger partial charge in [0.25, 0.3) is 0 Å². The molecule has 2 bridgehead atoms. The third-order valence-electron chi connectivity index (χ3n) is 5.16. The Morgan fingerprint density at radius 2 is 1.86 bits per heavy atom. The van der Waals surface area contributed by atoms with Gasteiger partial charge in [-0.25, -0.2) is 0 Å². The van der Waals surface area contributed by atoms with Crippen LogP contribution < -0.4 is 5.32 Å². The summed E-state index contributed by atoms with van der Waals surface area (Å²) in [5, 5.41) is 3.65. The number of aryl methyl sites for hydroxylation is 1. The molecule has 3 rings (SSSR count). The average Bonchev–Trinajstić information content (AvgIpc) is 2.78. The number of nitrogens with one attached hydrogen (secondary N) is 1. The largest absolute Gasteiger partial charge is 0.340 e. The highest BCUT2D eigenvalue weighted by Crippen LogP contribution is 2.30. The first-order chi connectivity index (χ1) is 9.98. The fourth-order valence-corrected chi connectivity index (χ4v) is 3.91. The number of hydrogen-bond acceptors (Lipinski definition) is 2. The highest BCUT2D eigenvalue weighted by molar-refractivity contribution is 5.88. The van der Waals surface area contributed by atoms with Gasteiger partial charge < -0.3 is 10.2 Å². The molecule has 3 nitrogen and oxygen atoms in total. The lowest BCUT2D eigenvalue weighted by Gasteiger charge is -2.34. The number of amides is 1. The van der Waals surface area contributed by atoms with Gasteiger partial charge >= 0.3 is 0 Å². The topological polar surface area (TPSA) is 32.3 Å². The molecule has 1 N–H and O–H groups in total. The van der Waals surface area contributed by atoms with Crippen LogP contribution in [0.2, 0.25) is 0 Å². The van der Waals surface area contributed by atoms with Gasteiger partial charge in [-0.1, -0.05) is 24.3 Å². The lowest BCUT2D eigenvalue weighted by Crippen LogP contribution is -2.47. The van der Waals surface area contributed by atoms with Gasteiger partial charge in [0.15, 0.2) is 0 Å². The Morgan fingerprint density at radius 3 is 2.59 bits per heavy atom. The standard InChI is InChI=1S/C18H26N2O.ClH/c1-13-6-4-5-7-16(13)18(2,3)17(21)20-11-10-14-8-9-15(12-20)19-14;/h4-7,14-15,19H,8-12H2,1-3H3;1H. The molecule has 122 valence electrons. The third-order valence-corrected chi connectivity index (χ3v) is 5.16. The normalized spacial score (nSPS) is 24.6. The van der Waals surface area contributed by atoms with E-state index in [1.807, 2.05) is 12.1 Å². The van der Waals surface area contributed by atoms with Gasteiger partial charge in [0.2, 0.25) is 5.91 Å². The molecule has 1 aromatic rings. The maximum atomic E-state index is 13.1. The first-order valence-electron chi connectivity index (χ1n) is 8.10. The van der Waals surface area contributed by atoms with Crippen molar-refractivity contribution < 1.29 is 4.79 Å². The van der Waals surface area contributed by atoms with E-state index in [1.54, 1.807) is 0 Å². The second-order valence-electron chi connectivity index (χ2n) is 7.12. The number of carbonyl (C=O) groups excluding carboxylic acids is 1. The van der Waals surface area contributed by atoms with E-state index in [9.17, 15) is 4.79 Å². The molecular weight excluding hydrogens is 296 g/mol. The van der Waals surface area contributed by atoms with Crippen molar-refractivity contribution in [2.24, 2.45) is 0 Å². The summed E-state index contributed by atoms with van der Waals surface area (Å²) < 4.78 is 0. The van der Waals surface area contributed by atoms with Crippen LogP contribution in [-0.4, -0.2) is 36.0 Å². The van der Waals surface area contributed by atoms with Crippen molar-refractivity contribution in [1.82, 2.24) is 10.2 Å². The fourth-order valence-electron chi connectivity index (χ4n) is 3.91. The molecule has 2 fully saturated rings. The number of benzene rings is 1. The maximum Gasteiger partial charge on any atom is 0.232 e.